The topological polar surface area (TPSA) is 85.8 Å². The maximum atomic E-state index is 13.3. The van der Waals surface area contributed by atoms with Gasteiger partial charge in [-0.2, -0.15) is 5.10 Å². The van der Waals surface area contributed by atoms with Crippen LogP contribution in [-0.2, 0) is 11.8 Å². The molecule has 1 atom stereocenters. The molecule has 1 amide bonds. The maximum absolute atomic E-state index is 13.3. The van der Waals surface area contributed by atoms with Gasteiger partial charge in [0.15, 0.2) is 11.0 Å². The molecule has 0 unspecified atom stereocenters. The minimum absolute atomic E-state index is 0.126. The van der Waals surface area contributed by atoms with Gasteiger partial charge in [-0.15, -0.1) is 10.2 Å². The number of methoxy groups -OCH3 is 1. The summed E-state index contributed by atoms with van der Waals surface area (Å²) >= 11 is 1.34. The van der Waals surface area contributed by atoms with Gasteiger partial charge in [0.25, 0.3) is 5.91 Å². The van der Waals surface area contributed by atoms with E-state index in [4.69, 9.17) is 9.15 Å². The predicted octanol–water partition coefficient (Wildman–Crippen LogP) is 4.55. The Hall–Kier alpha value is -3.85. The zero-order valence-electron chi connectivity index (χ0n) is 18.8. The lowest BCUT2D eigenvalue weighted by Gasteiger charge is -2.19. The number of ether oxygens (including phenoxy) is 1. The predicted molar refractivity (Wildman–Crippen MR) is 130 cm³/mol. The second kappa shape index (κ2) is 9.56. The highest BCUT2D eigenvalue weighted by molar-refractivity contribution is 7.99. The molecular formula is C25H23N5O3S. The standard InChI is InChI=1S/C25H23N5O3S/c1-29-24(18-7-4-3-5-8-18)26-27-25(29)34-16-23(31)30-21(22-9-6-14-33-22)15-20(28-30)17-10-12-19(32-2)13-11-17/h3-14,21H,15-16H2,1-2H3/t21-/m1/s1. The van der Waals surface area contributed by atoms with Crippen LogP contribution in [-0.4, -0.2) is 44.3 Å². The Kier molecular flexibility index (Phi) is 6.18. The Morgan fingerprint density at radius 2 is 1.85 bits per heavy atom. The lowest BCUT2D eigenvalue weighted by atomic mass is 10.0. The van der Waals surface area contributed by atoms with Gasteiger partial charge in [0, 0.05) is 19.0 Å². The molecule has 0 N–H and O–H groups in total. The van der Waals surface area contributed by atoms with Gasteiger partial charge in [-0.1, -0.05) is 42.1 Å². The Labute approximate surface area is 201 Å². The van der Waals surface area contributed by atoms with E-state index in [0.717, 1.165) is 28.4 Å². The lowest BCUT2D eigenvalue weighted by molar-refractivity contribution is -0.130. The van der Waals surface area contributed by atoms with Crippen LogP contribution in [0, 0.1) is 0 Å². The molecule has 0 fully saturated rings. The van der Waals surface area contributed by atoms with E-state index in [2.05, 4.69) is 15.3 Å². The van der Waals surface area contributed by atoms with Gasteiger partial charge in [-0.3, -0.25) is 4.79 Å². The van der Waals surface area contributed by atoms with Crippen molar-refractivity contribution in [3.8, 4) is 17.1 Å². The highest BCUT2D eigenvalue weighted by atomic mass is 32.2. The number of aromatic nitrogens is 3. The second-order valence-electron chi connectivity index (χ2n) is 7.77. The molecule has 0 radical (unpaired) electrons. The number of thioether (sulfide) groups is 1. The van der Waals surface area contributed by atoms with Gasteiger partial charge in [0.2, 0.25) is 0 Å². The van der Waals surface area contributed by atoms with Crippen molar-refractivity contribution in [3.63, 3.8) is 0 Å². The molecule has 2 aromatic heterocycles. The summed E-state index contributed by atoms with van der Waals surface area (Å²) in [5.74, 6) is 2.28. The summed E-state index contributed by atoms with van der Waals surface area (Å²) in [5, 5.41) is 15.5. The van der Waals surface area contributed by atoms with Crippen LogP contribution in [0.25, 0.3) is 11.4 Å². The minimum atomic E-state index is -0.292. The van der Waals surface area contributed by atoms with Gasteiger partial charge in [0.1, 0.15) is 17.6 Å². The third-order valence-electron chi connectivity index (χ3n) is 5.65. The van der Waals surface area contributed by atoms with E-state index in [9.17, 15) is 4.79 Å². The average Bonchev–Trinajstić information content (AvgIpc) is 3.63. The molecule has 0 aliphatic carbocycles. The van der Waals surface area contributed by atoms with Crippen LogP contribution in [0.3, 0.4) is 0 Å². The van der Waals surface area contributed by atoms with Gasteiger partial charge in [0.05, 0.1) is 24.8 Å². The lowest BCUT2D eigenvalue weighted by Crippen LogP contribution is -2.28. The third-order valence-corrected chi connectivity index (χ3v) is 6.66. The highest BCUT2D eigenvalue weighted by Crippen LogP contribution is 2.34. The van der Waals surface area contributed by atoms with Crippen molar-refractivity contribution in [2.45, 2.75) is 17.6 Å². The van der Waals surface area contributed by atoms with Crippen molar-refractivity contribution < 1.29 is 13.9 Å². The zero-order chi connectivity index (χ0) is 23.5. The van der Waals surface area contributed by atoms with Crippen LogP contribution in [0.4, 0.5) is 0 Å². The van der Waals surface area contributed by atoms with Crippen LogP contribution >= 0.6 is 11.8 Å². The molecule has 3 heterocycles. The first-order valence-corrected chi connectivity index (χ1v) is 11.8. The number of carbonyl (C=O) groups excluding carboxylic acids is 1. The molecule has 0 spiro atoms. The number of benzene rings is 2. The molecule has 4 aromatic rings. The van der Waals surface area contributed by atoms with Crippen molar-refractivity contribution >= 4 is 23.4 Å². The van der Waals surface area contributed by atoms with Crippen molar-refractivity contribution in [3.05, 3.63) is 84.3 Å². The van der Waals surface area contributed by atoms with Crippen LogP contribution in [0.5, 0.6) is 5.75 Å². The van der Waals surface area contributed by atoms with E-state index < -0.39 is 0 Å². The number of hydrogen-bond donors (Lipinski definition) is 0. The molecule has 0 saturated heterocycles. The molecule has 34 heavy (non-hydrogen) atoms. The summed E-state index contributed by atoms with van der Waals surface area (Å²) in [4.78, 5) is 13.3. The number of carbonyl (C=O) groups is 1. The molecule has 1 aliphatic heterocycles. The molecule has 5 rings (SSSR count). The third kappa shape index (κ3) is 4.34. The first kappa shape index (κ1) is 22.0. The van der Waals surface area contributed by atoms with Gasteiger partial charge < -0.3 is 13.7 Å². The van der Waals surface area contributed by atoms with Gasteiger partial charge in [-0.05, 0) is 42.0 Å². The number of furan rings is 1. The van der Waals surface area contributed by atoms with Crippen molar-refractivity contribution in [2.24, 2.45) is 12.1 Å². The van der Waals surface area contributed by atoms with E-state index in [-0.39, 0.29) is 17.7 Å². The monoisotopic (exact) mass is 473 g/mol. The largest absolute Gasteiger partial charge is 0.497 e. The Bertz CT molecular complexity index is 1300. The molecule has 8 nitrogen and oxygen atoms in total. The summed E-state index contributed by atoms with van der Waals surface area (Å²) in [5.41, 5.74) is 2.75. The number of hydrogen-bond acceptors (Lipinski definition) is 7. The summed E-state index contributed by atoms with van der Waals surface area (Å²) in [6, 6.07) is 20.9. The Balaban J connectivity index is 1.34. The maximum Gasteiger partial charge on any atom is 0.253 e. The second-order valence-corrected chi connectivity index (χ2v) is 8.71. The summed E-state index contributed by atoms with van der Waals surface area (Å²) in [6.07, 6.45) is 2.18. The molecule has 0 bridgehead atoms. The minimum Gasteiger partial charge on any atom is -0.497 e. The van der Waals surface area contributed by atoms with Crippen molar-refractivity contribution in [1.82, 2.24) is 19.8 Å². The molecule has 1 aliphatic rings. The highest BCUT2D eigenvalue weighted by Gasteiger charge is 2.35. The first-order valence-electron chi connectivity index (χ1n) is 10.8. The molecule has 9 heteroatoms. The fourth-order valence-corrected chi connectivity index (χ4v) is 4.64. The van der Waals surface area contributed by atoms with E-state index in [1.165, 1.54) is 16.8 Å². The molecule has 0 saturated carbocycles. The van der Waals surface area contributed by atoms with E-state index in [0.29, 0.717) is 17.3 Å². The first-order chi connectivity index (χ1) is 16.6. The van der Waals surface area contributed by atoms with E-state index in [1.807, 2.05) is 78.3 Å². The quantitative estimate of drug-likeness (QED) is 0.366. The Morgan fingerprint density at radius 3 is 2.56 bits per heavy atom. The van der Waals surface area contributed by atoms with Crippen molar-refractivity contribution in [2.75, 3.05) is 12.9 Å². The fourth-order valence-electron chi connectivity index (χ4n) is 3.87. The normalized spacial score (nSPS) is 15.4. The van der Waals surface area contributed by atoms with E-state index >= 15 is 0 Å². The van der Waals surface area contributed by atoms with E-state index in [1.54, 1.807) is 13.4 Å². The molecule has 2 aromatic carbocycles. The van der Waals surface area contributed by atoms with Crippen LogP contribution < -0.4 is 4.74 Å². The van der Waals surface area contributed by atoms with Crippen LogP contribution in [0.15, 0.2) is 87.7 Å². The zero-order valence-corrected chi connectivity index (χ0v) is 19.6. The van der Waals surface area contributed by atoms with Gasteiger partial charge in [-0.25, -0.2) is 5.01 Å². The summed E-state index contributed by atoms with van der Waals surface area (Å²) in [7, 11) is 3.53. The summed E-state index contributed by atoms with van der Waals surface area (Å²) in [6.45, 7) is 0. The fraction of sp³-hybridized carbons (Fsp3) is 0.200. The molecular weight excluding hydrogens is 450 g/mol. The average molecular weight is 474 g/mol. The van der Waals surface area contributed by atoms with Crippen LogP contribution in [0.1, 0.15) is 23.8 Å². The summed E-state index contributed by atoms with van der Waals surface area (Å²) < 4.78 is 12.8. The van der Waals surface area contributed by atoms with Crippen LogP contribution in [0.2, 0.25) is 0 Å². The number of nitrogens with zero attached hydrogens (tertiary/aromatic N) is 5. The molecule has 172 valence electrons. The number of rotatable bonds is 7. The SMILES string of the molecule is COc1ccc(C2=NN(C(=O)CSc3nnc(-c4ccccc4)n3C)[C@@H](c3ccco3)C2)cc1. The number of hydrazone groups is 1. The van der Waals surface area contributed by atoms with Crippen molar-refractivity contribution in [1.29, 1.82) is 0 Å². The Morgan fingerprint density at radius 1 is 1.06 bits per heavy atom. The van der Waals surface area contributed by atoms with Gasteiger partial charge >= 0.3 is 0 Å². The smallest absolute Gasteiger partial charge is 0.253 e. The number of amides is 1.